The van der Waals surface area contributed by atoms with Crippen LogP contribution in [0.3, 0.4) is 0 Å². The minimum atomic E-state index is -2.50. The van der Waals surface area contributed by atoms with Crippen molar-refractivity contribution in [2.45, 2.75) is 13.3 Å². The van der Waals surface area contributed by atoms with Gasteiger partial charge in [-0.25, -0.2) is 13.6 Å². The number of aromatic nitrogens is 1. The number of carbonyl (C=O) groups excluding carboxylic acids is 1. The molecule has 1 heterocycles. The van der Waals surface area contributed by atoms with Crippen LogP contribution in [-0.4, -0.2) is 37.0 Å². The molecule has 0 amide bonds. The third kappa shape index (κ3) is 3.26. The Balaban J connectivity index is 2.96. The van der Waals surface area contributed by atoms with Crippen LogP contribution in [0.4, 0.5) is 19.6 Å². The van der Waals surface area contributed by atoms with Gasteiger partial charge in [0.2, 0.25) is 0 Å². The number of hydrogen-bond acceptors (Lipinski definition) is 6. The highest BCUT2D eigenvalue weighted by Gasteiger charge is 2.24. The number of nitrogen functional groups attached to an aromatic ring is 1. The molecule has 2 N–H and O–H groups in total. The molecule has 1 aromatic rings. The van der Waals surface area contributed by atoms with Crippen molar-refractivity contribution in [3.05, 3.63) is 5.56 Å². The number of halogens is 2. The fourth-order valence-corrected chi connectivity index (χ4v) is 2.01. The largest absolute Gasteiger partial charge is 0.462 e. The summed E-state index contributed by atoms with van der Waals surface area (Å²) in [5.41, 5.74) is 5.58. The maximum Gasteiger partial charge on any atom is 0.345 e. The van der Waals surface area contributed by atoms with Crippen molar-refractivity contribution in [2.75, 3.05) is 30.8 Å². The van der Waals surface area contributed by atoms with E-state index in [4.69, 9.17) is 10.5 Å². The Bertz CT molecular complexity index is 398. The van der Waals surface area contributed by atoms with Crippen molar-refractivity contribution in [3.63, 3.8) is 0 Å². The molecular formula is C9H13F2N3O2S. The second-order valence-corrected chi connectivity index (χ2v) is 3.99. The lowest BCUT2D eigenvalue weighted by atomic mass is 10.3. The van der Waals surface area contributed by atoms with Crippen LogP contribution in [0.25, 0.3) is 0 Å². The smallest absolute Gasteiger partial charge is 0.345 e. The van der Waals surface area contributed by atoms with Gasteiger partial charge in [-0.2, -0.15) is 4.37 Å². The van der Waals surface area contributed by atoms with Gasteiger partial charge in [0, 0.05) is 7.05 Å². The summed E-state index contributed by atoms with van der Waals surface area (Å²) in [4.78, 5) is 12.8. The van der Waals surface area contributed by atoms with Crippen molar-refractivity contribution in [1.29, 1.82) is 0 Å². The highest BCUT2D eigenvalue weighted by Crippen LogP contribution is 2.30. The van der Waals surface area contributed by atoms with Gasteiger partial charge in [0.25, 0.3) is 6.43 Å². The van der Waals surface area contributed by atoms with Crippen LogP contribution in [0.5, 0.6) is 0 Å². The van der Waals surface area contributed by atoms with E-state index in [9.17, 15) is 13.6 Å². The normalized spacial score (nSPS) is 10.6. The first-order valence-corrected chi connectivity index (χ1v) is 5.66. The summed E-state index contributed by atoms with van der Waals surface area (Å²) in [6.45, 7) is 1.34. The van der Waals surface area contributed by atoms with E-state index in [0.717, 1.165) is 11.5 Å². The van der Waals surface area contributed by atoms with E-state index in [1.165, 1.54) is 11.9 Å². The SMILES string of the molecule is CCOC(=O)c1c(N)nsc1N(C)CC(F)F. The van der Waals surface area contributed by atoms with E-state index < -0.39 is 18.9 Å². The summed E-state index contributed by atoms with van der Waals surface area (Å²) in [7, 11) is 1.45. The third-order valence-corrected chi connectivity index (χ3v) is 2.92. The number of nitrogens with zero attached hydrogens (tertiary/aromatic N) is 2. The van der Waals surface area contributed by atoms with E-state index in [0.29, 0.717) is 5.00 Å². The zero-order valence-electron chi connectivity index (χ0n) is 9.44. The van der Waals surface area contributed by atoms with Crippen LogP contribution < -0.4 is 10.6 Å². The van der Waals surface area contributed by atoms with Crippen LogP contribution in [0, 0.1) is 0 Å². The maximum atomic E-state index is 12.3. The summed E-state index contributed by atoms with van der Waals surface area (Å²) in [5, 5.41) is 0.293. The van der Waals surface area contributed by atoms with Gasteiger partial charge < -0.3 is 15.4 Å². The lowest BCUT2D eigenvalue weighted by molar-refractivity contribution is 0.0528. The number of rotatable bonds is 5. The molecule has 0 atom stereocenters. The van der Waals surface area contributed by atoms with E-state index in [2.05, 4.69) is 4.37 Å². The van der Waals surface area contributed by atoms with Crippen molar-refractivity contribution < 1.29 is 18.3 Å². The fourth-order valence-electron chi connectivity index (χ4n) is 1.24. The van der Waals surface area contributed by atoms with Gasteiger partial charge in [0.05, 0.1) is 13.2 Å². The minimum Gasteiger partial charge on any atom is -0.462 e. The molecule has 0 unspecified atom stereocenters. The molecule has 0 bridgehead atoms. The predicted molar refractivity (Wildman–Crippen MR) is 61.8 cm³/mol. The van der Waals surface area contributed by atoms with E-state index in [-0.39, 0.29) is 18.0 Å². The van der Waals surface area contributed by atoms with Crippen LogP contribution in [-0.2, 0) is 4.74 Å². The van der Waals surface area contributed by atoms with Gasteiger partial charge in [-0.15, -0.1) is 0 Å². The van der Waals surface area contributed by atoms with Gasteiger partial charge >= 0.3 is 5.97 Å². The van der Waals surface area contributed by atoms with E-state index in [1.54, 1.807) is 6.92 Å². The van der Waals surface area contributed by atoms with Gasteiger partial charge in [0.1, 0.15) is 10.6 Å². The van der Waals surface area contributed by atoms with Gasteiger partial charge in [0.15, 0.2) is 5.82 Å². The van der Waals surface area contributed by atoms with Crippen molar-refractivity contribution in [1.82, 2.24) is 4.37 Å². The topological polar surface area (TPSA) is 68.5 Å². The van der Waals surface area contributed by atoms with E-state index in [1.807, 2.05) is 0 Å². The van der Waals surface area contributed by atoms with Gasteiger partial charge in [-0.3, -0.25) is 0 Å². The number of nitrogens with two attached hydrogens (primary N) is 1. The van der Waals surface area contributed by atoms with Crippen molar-refractivity contribution >= 4 is 28.3 Å². The summed E-state index contributed by atoms with van der Waals surface area (Å²) in [5.74, 6) is -0.639. The molecule has 0 radical (unpaired) electrons. The Hall–Kier alpha value is -1.44. The van der Waals surface area contributed by atoms with Crippen LogP contribution in [0.15, 0.2) is 0 Å². The first kappa shape index (κ1) is 13.6. The molecule has 1 rings (SSSR count). The molecule has 0 aliphatic carbocycles. The molecule has 0 fully saturated rings. The second-order valence-electron chi connectivity index (χ2n) is 3.24. The number of ether oxygens (including phenoxy) is 1. The maximum absolute atomic E-state index is 12.3. The first-order valence-electron chi connectivity index (χ1n) is 4.88. The average molecular weight is 265 g/mol. The molecule has 0 spiro atoms. The number of alkyl halides is 2. The lowest BCUT2D eigenvalue weighted by Crippen LogP contribution is -2.25. The molecule has 8 heteroatoms. The van der Waals surface area contributed by atoms with Crippen LogP contribution in [0.2, 0.25) is 0 Å². The van der Waals surface area contributed by atoms with E-state index >= 15 is 0 Å². The zero-order valence-corrected chi connectivity index (χ0v) is 10.3. The molecular weight excluding hydrogens is 252 g/mol. The lowest BCUT2D eigenvalue weighted by Gasteiger charge is -2.17. The quantitative estimate of drug-likeness (QED) is 0.819. The summed E-state index contributed by atoms with van der Waals surface area (Å²) in [6, 6.07) is 0. The Morgan fingerprint density at radius 2 is 2.29 bits per heavy atom. The predicted octanol–water partition coefficient (Wildman–Crippen LogP) is 1.60. The van der Waals surface area contributed by atoms with Crippen molar-refractivity contribution in [3.8, 4) is 0 Å². The zero-order chi connectivity index (χ0) is 13.0. The molecule has 0 aliphatic heterocycles. The van der Waals surface area contributed by atoms with Crippen molar-refractivity contribution in [2.24, 2.45) is 0 Å². The molecule has 96 valence electrons. The summed E-state index contributed by atoms with van der Waals surface area (Å²) in [6.07, 6.45) is -2.50. The Morgan fingerprint density at radius 1 is 1.65 bits per heavy atom. The minimum absolute atomic E-state index is 0.00423. The third-order valence-electron chi connectivity index (χ3n) is 1.94. The standard InChI is InChI=1S/C9H13F2N3O2S/c1-3-16-9(15)6-7(12)13-17-8(6)14(2)4-5(10)11/h5H,3-4H2,1-2H3,(H2,12,13). The number of anilines is 2. The van der Waals surface area contributed by atoms with Gasteiger partial charge in [-0.05, 0) is 18.5 Å². The van der Waals surface area contributed by atoms with Crippen LogP contribution >= 0.6 is 11.5 Å². The summed E-state index contributed by atoms with van der Waals surface area (Å²) >= 11 is 0.897. The fraction of sp³-hybridized carbons (Fsp3) is 0.556. The average Bonchev–Trinajstić information content (AvgIpc) is 2.59. The number of hydrogen-bond donors (Lipinski definition) is 1. The first-order chi connectivity index (χ1) is 7.97. The summed E-state index contributed by atoms with van der Waals surface area (Å²) < 4.78 is 33.1. The molecule has 0 saturated heterocycles. The molecule has 17 heavy (non-hydrogen) atoms. The molecule has 5 nitrogen and oxygen atoms in total. The Morgan fingerprint density at radius 3 is 2.82 bits per heavy atom. The highest BCUT2D eigenvalue weighted by atomic mass is 32.1. The number of esters is 1. The molecule has 0 aliphatic rings. The molecule has 0 saturated carbocycles. The Labute approximate surface area is 101 Å². The molecule has 1 aromatic heterocycles. The van der Waals surface area contributed by atoms with Crippen LogP contribution in [0.1, 0.15) is 17.3 Å². The number of carbonyl (C=O) groups is 1. The monoisotopic (exact) mass is 265 g/mol. The second kappa shape index (κ2) is 5.76. The highest BCUT2D eigenvalue weighted by molar-refractivity contribution is 7.11. The molecule has 0 aromatic carbocycles. The Kier molecular flexibility index (Phi) is 4.62. The van der Waals surface area contributed by atoms with Gasteiger partial charge in [-0.1, -0.05) is 0 Å².